The molecule has 1 aromatic carbocycles. The molecule has 1 fully saturated rings. The predicted molar refractivity (Wildman–Crippen MR) is 103 cm³/mol. The van der Waals surface area contributed by atoms with Crippen LogP contribution in [0.4, 0.5) is 0 Å². The summed E-state index contributed by atoms with van der Waals surface area (Å²) in [7, 11) is 0. The van der Waals surface area contributed by atoms with Gasteiger partial charge < -0.3 is 5.32 Å². The highest BCUT2D eigenvalue weighted by molar-refractivity contribution is 5.93. The van der Waals surface area contributed by atoms with E-state index >= 15 is 0 Å². The average Bonchev–Trinajstić information content (AvgIpc) is 3.02. The van der Waals surface area contributed by atoms with Crippen molar-refractivity contribution >= 4 is 5.91 Å². The van der Waals surface area contributed by atoms with Gasteiger partial charge in [-0.1, -0.05) is 23.8 Å². The van der Waals surface area contributed by atoms with E-state index < -0.39 is 0 Å². The number of likely N-dealkylation sites (tertiary alicyclic amines) is 1. The third kappa shape index (κ3) is 3.96. The highest BCUT2D eigenvalue weighted by Crippen LogP contribution is 2.20. The quantitative estimate of drug-likeness (QED) is 0.896. The lowest BCUT2D eigenvalue weighted by molar-refractivity contribution is 0.0794. The molecule has 6 nitrogen and oxygen atoms in total. The topological polar surface area (TPSA) is 63.1 Å². The monoisotopic (exact) mass is 355 g/mol. The van der Waals surface area contributed by atoms with Crippen molar-refractivity contribution in [1.82, 2.24) is 25.2 Å². The molecule has 2 heterocycles. The molecule has 3 rings (SSSR count). The molecule has 140 valence electrons. The van der Waals surface area contributed by atoms with Gasteiger partial charge in [-0.3, -0.25) is 9.69 Å². The maximum Gasteiger partial charge on any atom is 0.273 e. The van der Waals surface area contributed by atoms with Gasteiger partial charge in [-0.05, 0) is 71.3 Å². The second kappa shape index (κ2) is 7.58. The fourth-order valence-corrected chi connectivity index (χ4v) is 3.54. The summed E-state index contributed by atoms with van der Waals surface area (Å²) in [6, 6.07) is 8.01. The van der Waals surface area contributed by atoms with E-state index in [1.165, 1.54) is 19.3 Å². The van der Waals surface area contributed by atoms with Crippen LogP contribution < -0.4 is 5.32 Å². The summed E-state index contributed by atoms with van der Waals surface area (Å²) in [4.78, 5) is 15.1. The minimum Gasteiger partial charge on any atom is -0.349 e. The molecule has 0 unspecified atom stereocenters. The van der Waals surface area contributed by atoms with Crippen LogP contribution in [-0.4, -0.2) is 51.0 Å². The number of aromatic nitrogens is 3. The zero-order valence-corrected chi connectivity index (χ0v) is 16.2. The van der Waals surface area contributed by atoms with E-state index in [1.54, 1.807) is 4.68 Å². The number of benzene rings is 1. The number of nitrogens with one attached hydrogen (secondary N) is 1. The maximum absolute atomic E-state index is 12.7. The van der Waals surface area contributed by atoms with Crippen LogP contribution in [0.25, 0.3) is 5.69 Å². The lowest BCUT2D eigenvalue weighted by Crippen LogP contribution is -2.53. The first kappa shape index (κ1) is 18.6. The number of hydrogen-bond acceptors (Lipinski definition) is 4. The van der Waals surface area contributed by atoms with E-state index in [2.05, 4.69) is 34.4 Å². The normalized spacial score (nSPS) is 15.8. The summed E-state index contributed by atoms with van der Waals surface area (Å²) in [5, 5.41) is 11.4. The SMILES string of the molecule is Cc1cccc(-n2nnc(C(=O)NCC(C)(C)N3CCCCC3)c2C)c1. The van der Waals surface area contributed by atoms with Gasteiger partial charge in [0.1, 0.15) is 0 Å². The predicted octanol–water partition coefficient (Wildman–Crippen LogP) is 2.88. The van der Waals surface area contributed by atoms with Crippen LogP contribution in [-0.2, 0) is 0 Å². The summed E-state index contributed by atoms with van der Waals surface area (Å²) < 4.78 is 1.72. The fourth-order valence-electron chi connectivity index (χ4n) is 3.54. The second-order valence-corrected chi connectivity index (χ2v) is 7.82. The van der Waals surface area contributed by atoms with Gasteiger partial charge in [-0.15, -0.1) is 5.10 Å². The number of rotatable bonds is 5. The standard InChI is InChI=1S/C20H29N5O/c1-15-9-8-10-17(13-15)25-16(2)18(22-23-25)19(26)21-14-20(3,4)24-11-6-5-7-12-24/h8-10,13H,5-7,11-12,14H2,1-4H3,(H,21,26). The number of carbonyl (C=O) groups is 1. The zero-order chi connectivity index (χ0) is 18.7. The molecule has 1 aromatic heterocycles. The molecule has 1 amide bonds. The number of carbonyl (C=O) groups excluding carboxylic acids is 1. The summed E-state index contributed by atoms with van der Waals surface area (Å²) in [5.74, 6) is -0.161. The van der Waals surface area contributed by atoms with Crippen LogP contribution in [0.5, 0.6) is 0 Å². The number of aryl methyl sites for hydroxylation is 1. The van der Waals surface area contributed by atoms with E-state index in [-0.39, 0.29) is 11.4 Å². The number of hydrogen-bond donors (Lipinski definition) is 1. The van der Waals surface area contributed by atoms with Gasteiger partial charge in [0.15, 0.2) is 5.69 Å². The smallest absolute Gasteiger partial charge is 0.273 e. The molecule has 2 aromatic rings. The molecular formula is C20H29N5O. The van der Waals surface area contributed by atoms with Crippen molar-refractivity contribution in [3.8, 4) is 5.69 Å². The lowest BCUT2D eigenvalue weighted by atomic mass is 9.98. The van der Waals surface area contributed by atoms with Crippen LogP contribution >= 0.6 is 0 Å². The first-order valence-electron chi connectivity index (χ1n) is 9.41. The minimum atomic E-state index is -0.161. The van der Waals surface area contributed by atoms with Crippen LogP contribution in [0.3, 0.4) is 0 Å². The third-order valence-corrected chi connectivity index (χ3v) is 5.25. The van der Waals surface area contributed by atoms with E-state index in [0.29, 0.717) is 12.2 Å². The van der Waals surface area contributed by atoms with E-state index in [4.69, 9.17) is 0 Å². The van der Waals surface area contributed by atoms with E-state index in [9.17, 15) is 4.79 Å². The lowest BCUT2D eigenvalue weighted by Gasteiger charge is -2.41. The first-order chi connectivity index (χ1) is 12.4. The molecule has 0 spiro atoms. The Labute approximate surface area is 155 Å². The largest absolute Gasteiger partial charge is 0.349 e. The number of amides is 1. The summed E-state index contributed by atoms with van der Waals surface area (Å²) in [5.41, 5.74) is 3.15. The summed E-state index contributed by atoms with van der Waals surface area (Å²) in [6.45, 7) is 11.1. The van der Waals surface area contributed by atoms with Gasteiger partial charge >= 0.3 is 0 Å². The Hall–Kier alpha value is -2.21. The minimum absolute atomic E-state index is 0.0590. The maximum atomic E-state index is 12.7. The van der Waals surface area contributed by atoms with Crippen molar-refractivity contribution in [2.45, 2.75) is 52.5 Å². The first-order valence-corrected chi connectivity index (χ1v) is 9.41. The Morgan fingerprint density at radius 3 is 2.62 bits per heavy atom. The van der Waals surface area contributed by atoms with Crippen molar-refractivity contribution in [2.75, 3.05) is 19.6 Å². The molecule has 1 aliphatic rings. The van der Waals surface area contributed by atoms with Crippen LogP contribution in [0, 0.1) is 13.8 Å². The zero-order valence-electron chi connectivity index (χ0n) is 16.2. The molecule has 26 heavy (non-hydrogen) atoms. The van der Waals surface area contributed by atoms with Gasteiger partial charge in [0.05, 0.1) is 11.4 Å². The molecule has 1 N–H and O–H groups in total. The van der Waals surface area contributed by atoms with Crippen molar-refractivity contribution < 1.29 is 4.79 Å². The molecule has 6 heteroatoms. The number of piperidine rings is 1. The van der Waals surface area contributed by atoms with Crippen LogP contribution in [0.1, 0.15) is 54.9 Å². The Balaban J connectivity index is 1.69. The molecule has 0 saturated carbocycles. The molecular weight excluding hydrogens is 326 g/mol. The molecule has 0 atom stereocenters. The molecule has 0 radical (unpaired) electrons. The Morgan fingerprint density at radius 1 is 1.19 bits per heavy atom. The molecule has 1 saturated heterocycles. The Bertz CT molecular complexity index is 774. The second-order valence-electron chi connectivity index (χ2n) is 7.82. The van der Waals surface area contributed by atoms with Crippen LogP contribution in [0.15, 0.2) is 24.3 Å². The third-order valence-electron chi connectivity index (χ3n) is 5.25. The van der Waals surface area contributed by atoms with Crippen molar-refractivity contribution in [3.05, 3.63) is 41.2 Å². The summed E-state index contributed by atoms with van der Waals surface area (Å²) >= 11 is 0. The van der Waals surface area contributed by atoms with Crippen molar-refractivity contribution in [3.63, 3.8) is 0 Å². The summed E-state index contributed by atoms with van der Waals surface area (Å²) in [6.07, 6.45) is 3.78. The Kier molecular flexibility index (Phi) is 5.41. The van der Waals surface area contributed by atoms with Gasteiger partial charge in [-0.2, -0.15) is 0 Å². The molecule has 1 aliphatic heterocycles. The fraction of sp³-hybridized carbons (Fsp3) is 0.550. The average molecular weight is 355 g/mol. The van der Waals surface area contributed by atoms with Crippen molar-refractivity contribution in [2.24, 2.45) is 0 Å². The number of nitrogens with zero attached hydrogens (tertiary/aromatic N) is 4. The van der Waals surface area contributed by atoms with Gasteiger partial charge in [0.2, 0.25) is 0 Å². The van der Waals surface area contributed by atoms with E-state index in [1.807, 2.05) is 38.1 Å². The highest BCUT2D eigenvalue weighted by atomic mass is 16.2. The molecule has 0 aliphatic carbocycles. The van der Waals surface area contributed by atoms with Gasteiger partial charge in [0, 0.05) is 12.1 Å². The van der Waals surface area contributed by atoms with Gasteiger partial charge in [0.25, 0.3) is 5.91 Å². The van der Waals surface area contributed by atoms with Gasteiger partial charge in [-0.25, -0.2) is 4.68 Å². The van der Waals surface area contributed by atoms with E-state index in [0.717, 1.165) is 30.0 Å². The van der Waals surface area contributed by atoms with Crippen molar-refractivity contribution in [1.29, 1.82) is 0 Å². The molecule has 0 bridgehead atoms. The Morgan fingerprint density at radius 2 is 1.92 bits per heavy atom. The van der Waals surface area contributed by atoms with Crippen LogP contribution in [0.2, 0.25) is 0 Å². The highest BCUT2D eigenvalue weighted by Gasteiger charge is 2.29.